The van der Waals surface area contributed by atoms with Crippen LogP contribution in [0.15, 0.2) is 42.5 Å². The standard InChI is InChI=1S/C44H48ClF2N9O11/c1-53(15-16-64-17-18-65-19-20-66-21-22-67-25-5-6-26-27(23-25)42(62)56(41(26)61)31-7-8-33(58)50-40(31)60)34(59)9-10-49-44-51-38-28(39(52-44)54-11-13-55(14-12-54)43(48)63)24-29(45)35(37(38)47)36-30(46)3-2-4-32(36)57/h2-6,23-24,31,57H,7-22H2,1H3,(H2,48,63)(H,49,51,52)(H,50,58,60). The number of fused-ring (bicyclic) bond motifs is 2. The Morgan fingerprint density at radius 1 is 0.910 bits per heavy atom. The Labute approximate surface area is 387 Å². The van der Waals surface area contributed by atoms with Crippen LogP contribution < -0.4 is 26.0 Å². The first-order valence-electron chi connectivity index (χ1n) is 21.4. The minimum absolute atomic E-state index is 0.0153. The number of anilines is 2. The van der Waals surface area contributed by atoms with Gasteiger partial charge in [0.25, 0.3) is 11.8 Å². The molecule has 20 nitrogen and oxygen atoms in total. The van der Waals surface area contributed by atoms with Crippen LogP contribution in [0.25, 0.3) is 22.0 Å². The summed E-state index contributed by atoms with van der Waals surface area (Å²) in [4.78, 5) is 89.1. The minimum atomic E-state index is -1.05. The molecule has 1 aromatic heterocycles. The average molecular weight is 952 g/mol. The van der Waals surface area contributed by atoms with Gasteiger partial charge in [-0.05, 0) is 42.8 Å². The summed E-state index contributed by atoms with van der Waals surface area (Å²) in [6.07, 6.45) is 0.117. The number of nitrogens with two attached hydrogens (primary N) is 1. The molecule has 4 aromatic rings. The third kappa shape index (κ3) is 11.1. The summed E-state index contributed by atoms with van der Waals surface area (Å²) in [6, 6.07) is 7.80. The molecule has 3 aromatic carbocycles. The first kappa shape index (κ1) is 48.2. The molecule has 0 spiro atoms. The maximum Gasteiger partial charge on any atom is 0.314 e. The third-order valence-electron chi connectivity index (χ3n) is 11.3. The highest BCUT2D eigenvalue weighted by Gasteiger charge is 2.44. The largest absolute Gasteiger partial charge is 0.507 e. The van der Waals surface area contributed by atoms with Gasteiger partial charge in [0.1, 0.15) is 41.3 Å². The number of piperidine rings is 1. The molecule has 356 valence electrons. The quantitative estimate of drug-likeness (QED) is 0.0735. The van der Waals surface area contributed by atoms with Crippen molar-refractivity contribution in [2.24, 2.45) is 5.73 Å². The summed E-state index contributed by atoms with van der Waals surface area (Å²) in [5.74, 6) is -4.34. The highest BCUT2D eigenvalue weighted by molar-refractivity contribution is 6.34. The summed E-state index contributed by atoms with van der Waals surface area (Å²) in [7, 11) is 1.63. The molecule has 0 aliphatic carbocycles. The lowest BCUT2D eigenvalue weighted by atomic mass is 10.0. The number of aromatic nitrogens is 2. The van der Waals surface area contributed by atoms with E-state index in [1.807, 2.05) is 4.90 Å². The molecule has 2 fully saturated rings. The highest BCUT2D eigenvalue weighted by Crippen LogP contribution is 2.42. The average Bonchev–Trinajstić information content (AvgIpc) is 3.54. The van der Waals surface area contributed by atoms with E-state index in [0.717, 1.165) is 11.0 Å². The van der Waals surface area contributed by atoms with Crippen LogP contribution in [-0.2, 0) is 28.6 Å². The SMILES string of the molecule is CN(CCOCCOCCOCCOc1ccc2c(c1)C(=O)N(C1CCC(=O)NC1=O)C2=O)C(=O)CCNc1nc(N2CCN(C(N)=O)CC2)c2cc(Cl)c(-c3c(O)cccc3F)c(F)c2n1. The number of halogens is 3. The second kappa shape index (κ2) is 21.7. The molecule has 3 aliphatic heterocycles. The van der Waals surface area contributed by atoms with E-state index in [2.05, 4.69) is 20.6 Å². The summed E-state index contributed by atoms with van der Waals surface area (Å²) < 4.78 is 53.7. The number of ether oxygens (including phenoxy) is 4. The number of carbonyl (C=O) groups excluding carboxylic acids is 6. The van der Waals surface area contributed by atoms with Crippen LogP contribution in [0.5, 0.6) is 11.5 Å². The molecule has 67 heavy (non-hydrogen) atoms. The van der Waals surface area contributed by atoms with Crippen molar-refractivity contribution in [3.05, 3.63) is 70.2 Å². The molecule has 1 atom stereocenters. The van der Waals surface area contributed by atoms with Gasteiger partial charge in [0.15, 0.2) is 5.82 Å². The number of benzene rings is 3. The number of hydrogen-bond acceptors (Lipinski definition) is 15. The Hall–Kier alpha value is -6.75. The Kier molecular flexibility index (Phi) is 15.6. The molecule has 23 heteroatoms. The summed E-state index contributed by atoms with van der Waals surface area (Å²) >= 11 is 6.53. The van der Waals surface area contributed by atoms with E-state index in [1.54, 1.807) is 13.1 Å². The molecular weight excluding hydrogens is 904 g/mol. The molecule has 1 unspecified atom stereocenters. The first-order chi connectivity index (χ1) is 32.2. The molecule has 3 aliphatic rings. The van der Waals surface area contributed by atoms with E-state index in [-0.39, 0.29) is 130 Å². The summed E-state index contributed by atoms with van der Waals surface area (Å²) in [5.41, 5.74) is 4.73. The number of imide groups is 2. The molecular formula is C44H48ClF2N9O11. The third-order valence-corrected chi connectivity index (χ3v) is 11.6. The monoisotopic (exact) mass is 951 g/mol. The highest BCUT2D eigenvalue weighted by atomic mass is 35.5. The zero-order chi connectivity index (χ0) is 47.8. The van der Waals surface area contributed by atoms with Gasteiger partial charge in [-0.25, -0.2) is 18.6 Å². The van der Waals surface area contributed by atoms with Crippen molar-refractivity contribution in [2.75, 3.05) is 103 Å². The number of phenols is 1. The van der Waals surface area contributed by atoms with Crippen molar-refractivity contribution in [3.8, 4) is 22.6 Å². The zero-order valence-electron chi connectivity index (χ0n) is 36.4. The number of nitrogens with one attached hydrogen (secondary N) is 2. The Bertz CT molecular complexity index is 2540. The van der Waals surface area contributed by atoms with Gasteiger partial charge in [-0.1, -0.05) is 17.7 Å². The van der Waals surface area contributed by atoms with Gasteiger partial charge in [-0.2, -0.15) is 4.98 Å². The normalized spacial score (nSPS) is 16.1. The van der Waals surface area contributed by atoms with E-state index in [1.165, 1.54) is 40.1 Å². The first-order valence-corrected chi connectivity index (χ1v) is 21.8. The second-order valence-electron chi connectivity index (χ2n) is 15.6. The van der Waals surface area contributed by atoms with Gasteiger partial charge in [0.2, 0.25) is 23.7 Å². The molecule has 0 bridgehead atoms. The molecule has 7 amide bonds. The fourth-order valence-electron chi connectivity index (χ4n) is 7.73. The number of piperazine rings is 1. The number of carbonyl (C=O) groups is 6. The van der Waals surface area contributed by atoms with Gasteiger partial charge >= 0.3 is 6.03 Å². The Morgan fingerprint density at radius 2 is 1.60 bits per heavy atom. The predicted molar refractivity (Wildman–Crippen MR) is 237 cm³/mol. The smallest absolute Gasteiger partial charge is 0.314 e. The maximum atomic E-state index is 16.4. The van der Waals surface area contributed by atoms with E-state index in [9.17, 15) is 38.3 Å². The van der Waals surface area contributed by atoms with Crippen molar-refractivity contribution in [2.45, 2.75) is 25.3 Å². The number of aromatic hydroxyl groups is 1. The Balaban J connectivity index is 0.803. The van der Waals surface area contributed by atoms with Crippen molar-refractivity contribution in [1.29, 1.82) is 0 Å². The van der Waals surface area contributed by atoms with Crippen LogP contribution >= 0.6 is 11.6 Å². The van der Waals surface area contributed by atoms with Gasteiger partial charge in [-0.3, -0.25) is 34.2 Å². The van der Waals surface area contributed by atoms with E-state index >= 15 is 4.39 Å². The maximum absolute atomic E-state index is 16.4. The van der Waals surface area contributed by atoms with Crippen LogP contribution in [0.4, 0.5) is 25.3 Å². The van der Waals surface area contributed by atoms with Crippen LogP contribution in [-0.4, -0.2) is 164 Å². The molecule has 0 saturated carbocycles. The fourth-order valence-corrected chi connectivity index (χ4v) is 8.01. The van der Waals surface area contributed by atoms with Crippen molar-refractivity contribution >= 4 is 69.8 Å². The Morgan fingerprint density at radius 3 is 2.28 bits per heavy atom. The number of amides is 7. The van der Waals surface area contributed by atoms with E-state index in [4.69, 9.17) is 36.3 Å². The van der Waals surface area contributed by atoms with Gasteiger partial charge in [0.05, 0.1) is 61.4 Å². The number of nitrogens with zero attached hydrogens (tertiary/aromatic N) is 6. The topological polar surface area (TPSA) is 248 Å². The molecule has 4 heterocycles. The van der Waals surface area contributed by atoms with Crippen LogP contribution in [0, 0.1) is 11.6 Å². The number of primary amides is 1. The minimum Gasteiger partial charge on any atom is -0.507 e. The number of rotatable bonds is 20. The second-order valence-corrected chi connectivity index (χ2v) is 16.0. The van der Waals surface area contributed by atoms with Gasteiger partial charge < -0.3 is 49.8 Å². The van der Waals surface area contributed by atoms with Gasteiger partial charge in [-0.15, -0.1) is 0 Å². The fraction of sp³-hybridized carbons (Fsp3) is 0.409. The van der Waals surface area contributed by atoms with E-state index in [0.29, 0.717) is 31.2 Å². The number of likely N-dealkylation sites (N-methyl/N-ethyl adjacent to an activating group) is 1. The van der Waals surface area contributed by atoms with Crippen molar-refractivity contribution < 1.29 is 61.6 Å². The summed E-state index contributed by atoms with van der Waals surface area (Å²) in [6.45, 7) is 3.26. The number of phenolic OH excluding ortho intramolecular Hbond substituents is 1. The predicted octanol–water partition coefficient (Wildman–Crippen LogP) is 2.93. The van der Waals surface area contributed by atoms with Crippen LogP contribution in [0.3, 0.4) is 0 Å². The number of hydrogen-bond donors (Lipinski definition) is 4. The van der Waals surface area contributed by atoms with Crippen LogP contribution in [0.1, 0.15) is 40.0 Å². The lowest BCUT2D eigenvalue weighted by molar-refractivity contribution is -0.136. The number of urea groups is 1. The lowest BCUT2D eigenvalue weighted by Crippen LogP contribution is -2.54. The molecule has 2 saturated heterocycles. The van der Waals surface area contributed by atoms with Crippen LogP contribution in [0.2, 0.25) is 5.02 Å². The molecule has 0 radical (unpaired) electrons. The molecule has 5 N–H and O–H groups in total. The zero-order valence-corrected chi connectivity index (χ0v) is 37.1. The van der Waals surface area contributed by atoms with Crippen molar-refractivity contribution in [1.82, 2.24) is 30.0 Å². The molecule has 7 rings (SSSR count). The van der Waals surface area contributed by atoms with E-state index < -0.39 is 58.6 Å². The summed E-state index contributed by atoms with van der Waals surface area (Å²) in [5, 5.41) is 15.6. The lowest BCUT2D eigenvalue weighted by Gasteiger charge is -2.35. The van der Waals surface area contributed by atoms with Gasteiger partial charge in [0, 0.05) is 70.1 Å². The van der Waals surface area contributed by atoms with Crippen molar-refractivity contribution in [3.63, 3.8) is 0 Å².